The van der Waals surface area contributed by atoms with Crippen LogP contribution in [0.15, 0.2) is 48.0 Å². The van der Waals surface area contributed by atoms with Gasteiger partial charge in [0, 0.05) is 23.2 Å². The van der Waals surface area contributed by atoms with Gasteiger partial charge in [-0.15, -0.1) is 11.3 Å². The van der Waals surface area contributed by atoms with Crippen molar-refractivity contribution in [3.8, 4) is 16.3 Å². The molecule has 1 aliphatic carbocycles. The van der Waals surface area contributed by atoms with Crippen molar-refractivity contribution in [3.63, 3.8) is 0 Å². The molecular weight excluding hydrogens is 406 g/mol. The van der Waals surface area contributed by atoms with Crippen LogP contribution >= 0.6 is 11.3 Å². The van der Waals surface area contributed by atoms with E-state index in [0.717, 1.165) is 46.2 Å². The lowest BCUT2D eigenvalue weighted by Gasteiger charge is -2.33. The second-order valence-corrected chi connectivity index (χ2v) is 8.89. The number of pyridine rings is 1. The van der Waals surface area contributed by atoms with Gasteiger partial charge in [0.05, 0.1) is 18.7 Å². The molecule has 1 aromatic carbocycles. The summed E-state index contributed by atoms with van der Waals surface area (Å²) >= 11 is 1.57. The van der Waals surface area contributed by atoms with Crippen LogP contribution in [0.3, 0.4) is 0 Å². The average Bonchev–Trinajstić information content (AvgIpc) is 3.25. The minimum atomic E-state index is 0.0757. The molecule has 0 bridgehead atoms. The van der Waals surface area contributed by atoms with Crippen LogP contribution in [0.1, 0.15) is 50.3 Å². The molecule has 5 nitrogen and oxygen atoms in total. The van der Waals surface area contributed by atoms with Crippen LogP contribution in [0.4, 0.5) is 5.82 Å². The number of amides is 1. The summed E-state index contributed by atoms with van der Waals surface area (Å²) < 4.78 is 5.51. The normalized spacial score (nSPS) is 14.4. The molecule has 1 fully saturated rings. The van der Waals surface area contributed by atoms with Gasteiger partial charge in [-0.2, -0.15) is 0 Å². The number of carbonyl (C=O) groups excluding carboxylic acids is 1. The Morgan fingerprint density at radius 2 is 1.90 bits per heavy atom. The summed E-state index contributed by atoms with van der Waals surface area (Å²) in [5.41, 5.74) is 2.95. The topological polar surface area (TPSA) is 55.3 Å². The van der Waals surface area contributed by atoms with E-state index < -0.39 is 0 Å². The minimum absolute atomic E-state index is 0.0757. The molecule has 0 spiro atoms. The Balaban J connectivity index is 1.51. The smallest absolute Gasteiger partial charge is 0.234 e. The maximum absolute atomic E-state index is 13.4. The van der Waals surface area contributed by atoms with Crippen LogP contribution in [0.2, 0.25) is 0 Å². The van der Waals surface area contributed by atoms with E-state index in [4.69, 9.17) is 9.72 Å². The Bertz CT molecular complexity index is 992. The second-order valence-electron chi connectivity index (χ2n) is 8.03. The number of thiazole rings is 1. The van der Waals surface area contributed by atoms with Crippen LogP contribution in [0.25, 0.3) is 10.6 Å². The molecular formula is C25H29N3O2S. The Morgan fingerprint density at radius 3 is 2.58 bits per heavy atom. The summed E-state index contributed by atoms with van der Waals surface area (Å²) in [7, 11) is 0. The Hall–Kier alpha value is -2.73. The number of hydrogen-bond donors (Lipinski definition) is 0. The number of hydrogen-bond acceptors (Lipinski definition) is 5. The van der Waals surface area contributed by atoms with E-state index in [2.05, 4.69) is 4.98 Å². The summed E-state index contributed by atoms with van der Waals surface area (Å²) in [6.45, 7) is 4.64. The molecule has 162 valence electrons. The summed E-state index contributed by atoms with van der Waals surface area (Å²) in [5, 5.41) is 2.91. The first-order valence-corrected chi connectivity index (χ1v) is 11.9. The zero-order chi connectivity index (χ0) is 21.6. The number of carbonyl (C=O) groups is 1. The van der Waals surface area contributed by atoms with Crippen molar-refractivity contribution in [2.24, 2.45) is 0 Å². The van der Waals surface area contributed by atoms with E-state index in [-0.39, 0.29) is 11.9 Å². The fraction of sp³-hybridized carbons (Fsp3) is 0.400. The molecule has 3 aromatic rings. The van der Waals surface area contributed by atoms with Gasteiger partial charge in [0.2, 0.25) is 5.91 Å². The summed E-state index contributed by atoms with van der Waals surface area (Å²) in [5.74, 6) is 1.68. The maximum Gasteiger partial charge on any atom is 0.234 e. The van der Waals surface area contributed by atoms with E-state index >= 15 is 0 Å². The predicted octanol–water partition coefficient (Wildman–Crippen LogP) is 5.82. The van der Waals surface area contributed by atoms with Gasteiger partial charge in [-0.1, -0.05) is 25.3 Å². The molecule has 2 heterocycles. The van der Waals surface area contributed by atoms with Crippen molar-refractivity contribution < 1.29 is 9.53 Å². The van der Waals surface area contributed by atoms with E-state index in [1.165, 1.54) is 19.3 Å². The van der Waals surface area contributed by atoms with Gasteiger partial charge in [0.25, 0.3) is 0 Å². The molecule has 0 radical (unpaired) electrons. The first kappa shape index (κ1) is 21.5. The van der Waals surface area contributed by atoms with Crippen molar-refractivity contribution in [1.82, 2.24) is 9.97 Å². The molecule has 31 heavy (non-hydrogen) atoms. The molecule has 1 amide bonds. The van der Waals surface area contributed by atoms with Gasteiger partial charge in [-0.3, -0.25) is 9.69 Å². The summed E-state index contributed by atoms with van der Waals surface area (Å²) in [6, 6.07) is 12.2. The number of aromatic nitrogens is 2. The first-order chi connectivity index (χ1) is 15.1. The van der Waals surface area contributed by atoms with Gasteiger partial charge < -0.3 is 4.74 Å². The lowest BCUT2D eigenvalue weighted by molar-refractivity contribution is -0.118. The van der Waals surface area contributed by atoms with Crippen LogP contribution in [0.5, 0.6) is 5.75 Å². The van der Waals surface area contributed by atoms with Crippen LogP contribution in [-0.2, 0) is 11.2 Å². The molecule has 2 aromatic heterocycles. The third kappa shape index (κ3) is 5.31. The molecule has 1 saturated carbocycles. The van der Waals surface area contributed by atoms with Gasteiger partial charge >= 0.3 is 0 Å². The number of rotatable bonds is 7. The SMILES string of the molecule is CCOc1ccc(-c2nc(CC(=O)N(c3ccc(C)cn3)C3CCCCC3)cs2)cc1. The average molecular weight is 436 g/mol. The molecule has 4 rings (SSSR count). The standard InChI is InChI=1S/C25H29N3O2S/c1-3-30-22-12-10-19(11-13-22)25-27-20(17-31-25)15-24(29)28(21-7-5-4-6-8-21)23-14-9-18(2)16-26-23/h9-14,16-17,21H,3-8,15H2,1-2H3. The van der Waals surface area contributed by atoms with Crippen molar-refractivity contribution in [2.75, 3.05) is 11.5 Å². The highest BCUT2D eigenvalue weighted by atomic mass is 32.1. The fourth-order valence-corrected chi connectivity index (χ4v) is 4.91. The molecule has 0 unspecified atom stereocenters. The zero-order valence-corrected chi connectivity index (χ0v) is 19.0. The highest BCUT2D eigenvalue weighted by molar-refractivity contribution is 7.13. The van der Waals surface area contributed by atoms with Crippen LogP contribution < -0.4 is 9.64 Å². The summed E-state index contributed by atoms with van der Waals surface area (Å²) in [6.07, 6.45) is 7.78. The molecule has 0 N–H and O–H groups in total. The van der Waals surface area contributed by atoms with Gasteiger partial charge in [-0.05, 0) is 62.6 Å². The maximum atomic E-state index is 13.4. The Labute approximate surface area is 188 Å². The largest absolute Gasteiger partial charge is 0.494 e. The lowest BCUT2D eigenvalue weighted by Crippen LogP contribution is -2.43. The van der Waals surface area contributed by atoms with E-state index in [1.54, 1.807) is 11.3 Å². The van der Waals surface area contributed by atoms with Crippen molar-refractivity contribution >= 4 is 23.1 Å². The molecule has 6 heteroatoms. The molecule has 1 aliphatic rings. The lowest BCUT2D eigenvalue weighted by atomic mass is 9.94. The fourth-order valence-electron chi connectivity index (χ4n) is 4.08. The van der Waals surface area contributed by atoms with Crippen molar-refractivity contribution in [2.45, 2.75) is 58.4 Å². The first-order valence-electron chi connectivity index (χ1n) is 11.1. The van der Waals surface area contributed by atoms with E-state index in [9.17, 15) is 4.79 Å². The van der Waals surface area contributed by atoms with Gasteiger partial charge in [0.1, 0.15) is 16.6 Å². The number of nitrogens with zero attached hydrogens (tertiary/aromatic N) is 3. The predicted molar refractivity (Wildman–Crippen MR) is 126 cm³/mol. The highest BCUT2D eigenvalue weighted by Crippen LogP contribution is 2.29. The van der Waals surface area contributed by atoms with Crippen molar-refractivity contribution in [3.05, 3.63) is 59.2 Å². The zero-order valence-electron chi connectivity index (χ0n) is 18.2. The third-order valence-electron chi connectivity index (χ3n) is 5.65. The number of anilines is 1. The number of aryl methyl sites for hydroxylation is 1. The Morgan fingerprint density at radius 1 is 1.13 bits per heavy atom. The van der Waals surface area contributed by atoms with E-state index in [0.29, 0.717) is 13.0 Å². The summed E-state index contributed by atoms with van der Waals surface area (Å²) in [4.78, 5) is 24.6. The monoisotopic (exact) mass is 435 g/mol. The minimum Gasteiger partial charge on any atom is -0.494 e. The van der Waals surface area contributed by atoms with Crippen LogP contribution in [-0.4, -0.2) is 28.5 Å². The quantitative estimate of drug-likeness (QED) is 0.469. The Kier molecular flexibility index (Phi) is 6.97. The molecule has 0 saturated heterocycles. The van der Waals surface area contributed by atoms with Crippen LogP contribution in [0, 0.1) is 6.92 Å². The second kappa shape index (κ2) is 10.1. The number of benzene rings is 1. The molecule has 0 aliphatic heterocycles. The third-order valence-corrected chi connectivity index (χ3v) is 6.59. The van der Waals surface area contributed by atoms with E-state index in [1.807, 2.05) is 66.7 Å². The molecule has 0 atom stereocenters. The van der Waals surface area contributed by atoms with Crippen molar-refractivity contribution in [1.29, 1.82) is 0 Å². The van der Waals surface area contributed by atoms with Gasteiger partial charge in [0.15, 0.2) is 0 Å². The highest BCUT2D eigenvalue weighted by Gasteiger charge is 2.28. The van der Waals surface area contributed by atoms with Gasteiger partial charge in [-0.25, -0.2) is 9.97 Å². The number of ether oxygens (including phenoxy) is 1.